The highest BCUT2D eigenvalue weighted by molar-refractivity contribution is 5.85. The van der Waals surface area contributed by atoms with Crippen molar-refractivity contribution in [2.24, 2.45) is 0 Å². The van der Waals surface area contributed by atoms with Crippen LogP contribution in [0, 0.1) is 6.92 Å². The Labute approximate surface area is 113 Å². The van der Waals surface area contributed by atoms with Crippen LogP contribution in [0.5, 0.6) is 0 Å². The Kier molecular flexibility index (Phi) is 3.29. The average Bonchev–Trinajstić information content (AvgIpc) is 2.86. The van der Waals surface area contributed by atoms with Crippen molar-refractivity contribution < 1.29 is 9.53 Å². The molecule has 0 spiro atoms. The SMILES string of the molecule is Cc1cccc(N2CCC(=O)N2)c1N1CCOCC1. The summed E-state index contributed by atoms with van der Waals surface area (Å²) >= 11 is 0. The zero-order valence-corrected chi connectivity index (χ0v) is 11.2. The second kappa shape index (κ2) is 5.09. The van der Waals surface area contributed by atoms with Crippen LogP contribution in [0.4, 0.5) is 11.4 Å². The molecule has 0 unspecified atom stereocenters. The molecule has 2 aliphatic heterocycles. The molecule has 0 bridgehead atoms. The van der Waals surface area contributed by atoms with Crippen molar-refractivity contribution in [1.82, 2.24) is 5.43 Å². The summed E-state index contributed by atoms with van der Waals surface area (Å²) in [4.78, 5) is 13.8. The fourth-order valence-electron chi connectivity index (χ4n) is 2.72. The average molecular weight is 261 g/mol. The van der Waals surface area contributed by atoms with Crippen LogP contribution < -0.4 is 15.3 Å². The fraction of sp³-hybridized carbons (Fsp3) is 0.500. The molecule has 0 saturated carbocycles. The number of carbonyl (C=O) groups is 1. The lowest BCUT2D eigenvalue weighted by molar-refractivity contribution is -0.119. The number of carbonyl (C=O) groups excluding carboxylic acids is 1. The quantitative estimate of drug-likeness (QED) is 0.865. The lowest BCUT2D eigenvalue weighted by Gasteiger charge is -2.34. The molecule has 2 heterocycles. The number of hydrogen-bond donors (Lipinski definition) is 1. The van der Waals surface area contributed by atoms with Crippen molar-refractivity contribution in [2.45, 2.75) is 13.3 Å². The van der Waals surface area contributed by atoms with E-state index >= 15 is 0 Å². The summed E-state index contributed by atoms with van der Waals surface area (Å²) in [5.74, 6) is 0.0921. The Morgan fingerprint density at radius 3 is 2.68 bits per heavy atom. The van der Waals surface area contributed by atoms with E-state index in [1.54, 1.807) is 0 Å². The molecular formula is C14H19N3O2. The summed E-state index contributed by atoms with van der Waals surface area (Å²) in [6, 6.07) is 6.23. The molecule has 19 heavy (non-hydrogen) atoms. The molecule has 1 N–H and O–H groups in total. The monoisotopic (exact) mass is 261 g/mol. The highest BCUT2D eigenvalue weighted by atomic mass is 16.5. The third-order valence-corrected chi connectivity index (χ3v) is 3.66. The number of para-hydroxylation sites is 1. The first kappa shape index (κ1) is 12.3. The van der Waals surface area contributed by atoms with Crippen molar-refractivity contribution in [3.05, 3.63) is 23.8 Å². The number of hydrogen-bond acceptors (Lipinski definition) is 4. The Balaban J connectivity index is 1.94. The Morgan fingerprint density at radius 1 is 1.21 bits per heavy atom. The molecule has 0 aliphatic carbocycles. The minimum absolute atomic E-state index is 0.0921. The zero-order chi connectivity index (χ0) is 13.2. The van der Waals surface area contributed by atoms with Gasteiger partial charge < -0.3 is 9.64 Å². The van der Waals surface area contributed by atoms with Gasteiger partial charge in [-0.1, -0.05) is 12.1 Å². The first-order chi connectivity index (χ1) is 9.25. The molecule has 0 atom stereocenters. The van der Waals surface area contributed by atoms with E-state index in [1.165, 1.54) is 11.3 Å². The first-order valence-corrected chi connectivity index (χ1v) is 6.75. The second-order valence-electron chi connectivity index (χ2n) is 4.98. The van der Waals surface area contributed by atoms with Crippen molar-refractivity contribution >= 4 is 17.3 Å². The Hall–Kier alpha value is -1.75. The Bertz CT molecular complexity index is 484. The van der Waals surface area contributed by atoms with Gasteiger partial charge in [0.15, 0.2) is 0 Å². The molecule has 0 aromatic heterocycles. The standard InChI is InChI=1S/C14H19N3O2/c1-11-3-2-4-12(17-6-5-13(18)15-17)14(11)16-7-9-19-10-8-16/h2-4H,5-10H2,1H3,(H,15,18). The van der Waals surface area contributed by atoms with Crippen LogP contribution in [0.2, 0.25) is 0 Å². The van der Waals surface area contributed by atoms with E-state index in [0.717, 1.165) is 38.5 Å². The number of nitrogens with zero attached hydrogens (tertiary/aromatic N) is 2. The fourth-order valence-corrected chi connectivity index (χ4v) is 2.72. The minimum Gasteiger partial charge on any atom is -0.378 e. The first-order valence-electron chi connectivity index (χ1n) is 6.75. The molecule has 2 aliphatic rings. The summed E-state index contributed by atoms with van der Waals surface area (Å²) in [7, 11) is 0. The molecule has 1 aromatic carbocycles. The number of benzene rings is 1. The largest absolute Gasteiger partial charge is 0.378 e. The van der Waals surface area contributed by atoms with E-state index in [4.69, 9.17) is 4.74 Å². The molecule has 1 amide bonds. The van der Waals surface area contributed by atoms with Gasteiger partial charge in [-0.05, 0) is 18.6 Å². The van der Waals surface area contributed by atoms with Gasteiger partial charge in [0.05, 0.1) is 24.6 Å². The van der Waals surface area contributed by atoms with Gasteiger partial charge in [-0.15, -0.1) is 0 Å². The smallest absolute Gasteiger partial charge is 0.240 e. The molecule has 0 radical (unpaired) electrons. The van der Waals surface area contributed by atoms with Gasteiger partial charge in [0.2, 0.25) is 5.91 Å². The predicted octanol–water partition coefficient (Wildman–Crippen LogP) is 1.07. The number of nitrogens with one attached hydrogen (secondary N) is 1. The number of aryl methyl sites for hydroxylation is 1. The predicted molar refractivity (Wildman–Crippen MR) is 74.3 cm³/mol. The van der Waals surface area contributed by atoms with Crippen LogP contribution in [0.15, 0.2) is 18.2 Å². The van der Waals surface area contributed by atoms with E-state index in [0.29, 0.717) is 6.42 Å². The van der Waals surface area contributed by atoms with E-state index in [-0.39, 0.29) is 5.91 Å². The van der Waals surface area contributed by atoms with Gasteiger partial charge in [-0.2, -0.15) is 0 Å². The van der Waals surface area contributed by atoms with Crippen LogP contribution >= 0.6 is 0 Å². The van der Waals surface area contributed by atoms with E-state index in [1.807, 2.05) is 11.1 Å². The van der Waals surface area contributed by atoms with Crippen LogP contribution in [-0.2, 0) is 9.53 Å². The molecule has 5 heteroatoms. The van der Waals surface area contributed by atoms with E-state index in [2.05, 4.69) is 29.4 Å². The lowest BCUT2D eigenvalue weighted by Crippen LogP contribution is -2.39. The van der Waals surface area contributed by atoms with Crippen LogP contribution in [0.1, 0.15) is 12.0 Å². The number of anilines is 2. The Morgan fingerprint density at radius 2 is 2.00 bits per heavy atom. The maximum Gasteiger partial charge on any atom is 0.240 e. The summed E-state index contributed by atoms with van der Waals surface area (Å²) in [6.07, 6.45) is 0.566. The van der Waals surface area contributed by atoms with Crippen molar-refractivity contribution in [1.29, 1.82) is 0 Å². The van der Waals surface area contributed by atoms with Crippen molar-refractivity contribution in [3.63, 3.8) is 0 Å². The maximum atomic E-state index is 11.4. The summed E-state index contributed by atoms with van der Waals surface area (Å²) in [5.41, 5.74) is 6.46. The molecule has 5 nitrogen and oxygen atoms in total. The number of hydrazine groups is 1. The molecule has 3 rings (SSSR count). The summed E-state index contributed by atoms with van der Waals surface area (Å²) < 4.78 is 5.42. The highest BCUT2D eigenvalue weighted by Crippen LogP contribution is 2.33. The molecule has 2 saturated heterocycles. The van der Waals surface area contributed by atoms with Crippen molar-refractivity contribution in [2.75, 3.05) is 42.8 Å². The third-order valence-electron chi connectivity index (χ3n) is 3.66. The molecule has 1 aromatic rings. The molecule has 2 fully saturated rings. The number of morpholine rings is 1. The van der Waals surface area contributed by atoms with Gasteiger partial charge in [0.25, 0.3) is 0 Å². The maximum absolute atomic E-state index is 11.4. The lowest BCUT2D eigenvalue weighted by atomic mass is 10.1. The molecule has 102 valence electrons. The molecular weight excluding hydrogens is 242 g/mol. The second-order valence-corrected chi connectivity index (χ2v) is 4.98. The van der Waals surface area contributed by atoms with E-state index < -0.39 is 0 Å². The van der Waals surface area contributed by atoms with Crippen LogP contribution in [0.25, 0.3) is 0 Å². The van der Waals surface area contributed by atoms with Crippen LogP contribution in [-0.4, -0.2) is 38.8 Å². The third kappa shape index (κ3) is 2.38. The van der Waals surface area contributed by atoms with Crippen molar-refractivity contribution in [3.8, 4) is 0 Å². The van der Waals surface area contributed by atoms with Gasteiger partial charge in [0.1, 0.15) is 0 Å². The van der Waals surface area contributed by atoms with Gasteiger partial charge in [-0.25, -0.2) is 0 Å². The summed E-state index contributed by atoms with van der Waals surface area (Å²) in [5, 5.41) is 1.96. The number of ether oxygens (including phenoxy) is 1. The topological polar surface area (TPSA) is 44.8 Å². The number of rotatable bonds is 2. The minimum atomic E-state index is 0.0921. The summed E-state index contributed by atoms with van der Waals surface area (Å²) in [6.45, 7) is 6.19. The zero-order valence-electron chi connectivity index (χ0n) is 11.2. The van der Waals surface area contributed by atoms with Gasteiger partial charge in [0, 0.05) is 26.1 Å². The van der Waals surface area contributed by atoms with Gasteiger partial charge in [-0.3, -0.25) is 15.2 Å². The normalized spacial score (nSPS) is 19.7. The van der Waals surface area contributed by atoms with E-state index in [9.17, 15) is 4.79 Å². The highest BCUT2D eigenvalue weighted by Gasteiger charge is 2.24. The van der Waals surface area contributed by atoms with Gasteiger partial charge >= 0.3 is 0 Å². The number of amides is 1. The van der Waals surface area contributed by atoms with Crippen LogP contribution in [0.3, 0.4) is 0 Å².